The Bertz CT molecular complexity index is 358. The third-order valence-corrected chi connectivity index (χ3v) is 2.39. The zero-order valence-corrected chi connectivity index (χ0v) is 14.1. The van der Waals surface area contributed by atoms with E-state index in [9.17, 15) is 12.9 Å². The van der Waals surface area contributed by atoms with Crippen molar-refractivity contribution in [2.24, 2.45) is 0 Å². The summed E-state index contributed by atoms with van der Waals surface area (Å²) in [5.74, 6) is 0.258. The smallest absolute Gasteiger partial charge is 0.522 e. The molecule has 0 fully saturated rings. The summed E-state index contributed by atoms with van der Waals surface area (Å²) in [6.45, 7) is -0.485. The minimum atomic E-state index is -4.90. The van der Waals surface area contributed by atoms with Crippen LogP contribution in [-0.4, -0.2) is 26.6 Å². The zero-order valence-electron chi connectivity index (χ0n) is 11.0. The molecule has 1 rings (SSSR count). The molecular weight excluding hydrogens is 269 g/mol. The van der Waals surface area contributed by atoms with Crippen molar-refractivity contribution in [1.29, 1.82) is 0 Å². The molecule has 2 nitrogen and oxygen atoms in total. The predicted molar refractivity (Wildman–Crippen MR) is 64.6 cm³/mol. The van der Waals surface area contributed by atoms with Gasteiger partial charge in [-0.05, 0) is 26.0 Å². The second kappa shape index (κ2) is 8.48. The second-order valence-corrected chi connectivity index (χ2v) is 3.69. The van der Waals surface area contributed by atoms with E-state index in [1.807, 2.05) is 24.8 Å². The molecule has 0 aliphatic heterocycles. The molecular formula is C11H16BF3KNO. The van der Waals surface area contributed by atoms with Gasteiger partial charge in [-0.3, -0.25) is 0 Å². The van der Waals surface area contributed by atoms with Gasteiger partial charge in [-0.25, -0.2) is 0 Å². The van der Waals surface area contributed by atoms with Gasteiger partial charge in [-0.15, -0.1) is 0 Å². The first kappa shape index (κ1) is 18.3. The SMILES string of the molecule is CCN(CC)c1cccc(OC[B-](F)(F)F)c1.[K+]. The fourth-order valence-corrected chi connectivity index (χ4v) is 1.55. The summed E-state index contributed by atoms with van der Waals surface area (Å²) in [7, 11) is 0. The Balaban J connectivity index is 0.00000289. The quantitative estimate of drug-likeness (QED) is 0.697. The van der Waals surface area contributed by atoms with E-state index in [-0.39, 0.29) is 57.1 Å². The fraction of sp³-hybridized carbons (Fsp3) is 0.455. The Hall–Kier alpha value is 0.311. The molecule has 0 aliphatic carbocycles. The van der Waals surface area contributed by atoms with Gasteiger partial charge in [0.1, 0.15) is 5.75 Å². The van der Waals surface area contributed by atoms with Crippen LogP contribution in [0.1, 0.15) is 13.8 Å². The monoisotopic (exact) mass is 285 g/mol. The van der Waals surface area contributed by atoms with E-state index >= 15 is 0 Å². The van der Waals surface area contributed by atoms with E-state index in [1.165, 1.54) is 6.07 Å². The standard InChI is InChI=1S/C11H16BF3NO.K/c1-3-16(4-2)10-6-5-7-11(8-10)17-9-12(13,14)15;/h5-8H,3-4,9H2,1-2H3;/q-1;+1. The largest absolute Gasteiger partial charge is 1.00 e. The van der Waals surface area contributed by atoms with Crippen molar-refractivity contribution >= 4 is 12.7 Å². The number of rotatable bonds is 6. The summed E-state index contributed by atoms with van der Waals surface area (Å²) in [5.41, 5.74) is 0.877. The Labute approximate surface area is 148 Å². The normalized spacial score (nSPS) is 10.7. The maximum absolute atomic E-state index is 12.1. The number of benzene rings is 1. The van der Waals surface area contributed by atoms with Gasteiger partial charge in [-0.1, -0.05) is 6.07 Å². The first-order valence-electron chi connectivity index (χ1n) is 5.65. The van der Waals surface area contributed by atoms with Gasteiger partial charge in [-0.2, -0.15) is 0 Å². The van der Waals surface area contributed by atoms with E-state index in [2.05, 4.69) is 0 Å². The third kappa shape index (κ3) is 6.47. The van der Waals surface area contributed by atoms with Gasteiger partial charge >= 0.3 is 58.4 Å². The van der Waals surface area contributed by atoms with E-state index < -0.39 is 13.5 Å². The molecule has 0 atom stereocenters. The fourth-order valence-electron chi connectivity index (χ4n) is 1.55. The Morgan fingerprint density at radius 2 is 1.78 bits per heavy atom. The molecule has 7 heteroatoms. The van der Waals surface area contributed by atoms with E-state index in [4.69, 9.17) is 4.74 Å². The average molecular weight is 285 g/mol. The summed E-state index contributed by atoms with van der Waals surface area (Å²) >= 11 is 0. The van der Waals surface area contributed by atoms with Crippen LogP contribution in [0.15, 0.2) is 24.3 Å². The summed E-state index contributed by atoms with van der Waals surface area (Å²) in [4.78, 5) is 2.05. The molecule has 0 saturated heterocycles. The molecule has 1 aromatic rings. The van der Waals surface area contributed by atoms with Crippen LogP contribution in [-0.2, 0) is 0 Å². The zero-order chi connectivity index (χ0) is 12.9. The van der Waals surface area contributed by atoms with Gasteiger partial charge in [0.15, 0.2) is 0 Å². The molecule has 96 valence electrons. The van der Waals surface area contributed by atoms with Crippen LogP contribution in [0.25, 0.3) is 0 Å². The van der Waals surface area contributed by atoms with Crippen molar-refractivity contribution in [3.8, 4) is 5.75 Å². The summed E-state index contributed by atoms with van der Waals surface area (Å²) in [6, 6.07) is 6.73. The van der Waals surface area contributed by atoms with Crippen LogP contribution < -0.4 is 61.0 Å². The maximum Gasteiger partial charge on any atom is 1.00 e. The first-order valence-corrected chi connectivity index (χ1v) is 5.65. The molecule has 0 heterocycles. The molecule has 0 aromatic heterocycles. The van der Waals surface area contributed by atoms with Crippen molar-refractivity contribution in [1.82, 2.24) is 0 Å². The van der Waals surface area contributed by atoms with Crippen LogP contribution in [0.5, 0.6) is 5.75 Å². The van der Waals surface area contributed by atoms with E-state index in [0.717, 1.165) is 18.8 Å². The van der Waals surface area contributed by atoms with E-state index in [0.29, 0.717) is 0 Å². The van der Waals surface area contributed by atoms with Gasteiger partial charge in [0.25, 0.3) is 0 Å². The maximum atomic E-state index is 12.1. The summed E-state index contributed by atoms with van der Waals surface area (Å²) in [6.07, 6.45) is 0. The number of ether oxygens (including phenoxy) is 1. The molecule has 0 amide bonds. The molecule has 0 saturated carbocycles. The van der Waals surface area contributed by atoms with Crippen molar-refractivity contribution in [3.63, 3.8) is 0 Å². The Morgan fingerprint density at radius 1 is 1.17 bits per heavy atom. The van der Waals surface area contributed by atoms with Crippen molar-refractivity contribution in [2.75, 3.05) is 24.5 Å². The average Bonchev–Trinajstić information content (AvgIpc) is 2.28. The van der Waals surface area contributed by atoms with Gasteiger partial charge < -0.3 is 22.6 Å². The van der Waals surface area contributed by atoms with Crippen LogP contribution in [0.3, 0.4) is 0 Å². The van der Waals surface area contributed by atoms with Gasteiger partial charge in [0.2, 0.25) is 0 Å². The van der Waals surface area contributed by atoms with Gasteiger partial charge in [0.05, 0.1) is 6.51 Å². The van der Waals surface area contributed by atoms with Crippen LogP contribution >= 0.6 is 0 Å². The topological polar surface area (TPSA) is 12.5 Å². The molecule has 18 heavy (non-hydrogen) atoms. The van der Waals surface area contributed by atoms with Crippen LogP contribution in [0, 0.1) is 0 Å². The second-order valence-electron chi connectivity index (χ2n) is 3.69. The minimum Gasteiger partial charge on any atom is -0.522 e. The molecule has 0 radical (unpaired) electrons. The number of hydrogen-bond donors (Lipinski definition) is 0. The molecule has 0 aliphatic rings. The Kier molecular flexibility index (Phi) is 8.62. The number of anilines is 1. The van der Waals surface area contributed by atoms with Crippen molar-refractivity contribution < 1.29 is 69.1 Å². The van der Waals surface area contributed by atoms with Crippen molar-refractivity contribution in [3.05, 3.63) is 24.3 Å². The first-order chi connectivity index (χ1) is 7.96. The molecule has 1 aromatic carbocycles. The molecule has 0 N–H and O–H groups in total. The summed E-state index contributed by atoms with van der Waals surface area (Å²) < 4.78 is 40.9. The molecule has 0 bridgehead atoms. The van der Waals surface area contributed by atoms with Crippen molar-refractivity contribution in [2.45, 2.75) is 13.8 Å². The summed E-state index contributed by atoms with van der Waals surface area (Å²) in [5, 5.41) is 0. The molecule has 0 unspecified atom stereocenters. The van der Waals surface area contributed by atoms with Gasteiger partial charge in [0, 0.05) is 24.8 Å². The third-order valence-electron chi connectivity index (χ3n) is 2.39. The van der Waals surface area contributed by atoms with Crippen LogP contribution in [0.2, 0.25) is 0 Å². The molecule has 0 spiro atoms. The van der Waals surface area contributed by atoms with Crippen LogP contribution in [0.4, 0.5) is 18.6 Å². The number of nitrogens with zero attached hydrogens (tertiary/aromatic N) is 1. The van der Waals surface area contributed by atoms with E-state index in [1.54, 1.807) is 12.1 Å². The number of hydrogen-bond acceptors (Lipinski definition) is 2. The number of halogens is 3. The minimum absolute atomic E-state index is 0. The Morgan fingerprint density at radius 3 is 2.28 bits per heavy atom. The predicted octanol–water partition coefficient (Wildman–Crippen LogP) is 0.302.